The second kappa shape index (κ2) is 8.77. The number of amides is 1. The van der Waals surface area contributed by atoms with E-state index in [9.17, 15) is 19.5 Å². The van der Waals surface area contributed by atoms with E-state index in [0.29, 0.717) is 17.6 Å². The van der Waals surface area contributed by atoms with Gasteiger partial charge < -0.3 is 24.4 Å². The molecule has 2 aromatic carbocycles. The molecular formula is C30H21F2N3O5. The molecule has 10 heteroatoms. The van der Waals surface area contributed by atoms with Gasteiger partial charge in [0.25, 0.3) is 5.56 Å². The van der Waals surface area contributed by atoms with Crippen LogP contribution in [0, 0.1) is 11.6 Å². The quantitative estimate of drug-likeness (QED) is 0.280. The van der Waals surface area contributed by atoms with Crippen LogP contribution in [0.25, 0.3) is 39.1 Å². The molecule has 8 nitrogen and oxygen atoms in total. The molecule has 2 aliphatic carbocycles. The van der Waals surface area contributed by atoms with Crippen molar-refractivity contribution in [2.45, 2.75) is 31.8 Å². The van der Waals surface area contributed by atoms with E-state index in [0.717, 1.165) is 18.4 Å². The van der Waals surface area contributed by atoms with Gasteiger partial charge in [0.1, 0.15) is 22.9 Å². The third kappa shape index (κ3) is 3.75. The minimum atomic E-state index is -1.38. The van der Waals surface area contributed by atoms with Crippen LogP contribution in [0.15, 0.2) is 63.6 Å². The van der Waals surface area contributed by atoms with E-state index in [2.05, 4.69) is 10.3 Å². The van der Waals surface area contributed by atoms with E-state index in [-0.39, 0.29) is 62.8 Å². The maximum absolute atomic E-state index is 15.5. The fourth-order valence-corrected chi connectivity index (χ4v) is 5.53. The number of carbonyl (C=O) groups excluding carboxylic acids is 1. The average molecular weight is 542 g/mol. The van der Waals surface area contributed by atoms with Crippen LogP contribution in [0.1, 0.15) is 40.0 Å². The van der Waals surface area contributed by atoms with E-state index in [4.69, 9.17) is 4.42 Å². The van der Waals surface area contributed by atoms with Crippen LogP contribution in [-0.4, -0.2) is 32.6 Å². The number of H-pyrrole nitrogens is 1. The van der Waals surface area contributed by atoms with Crippen molar-refractivity contribution in [3.63, 3.8) is 0 Å². The second-order valence-electron chi connectivity index (χ2n) is 10.2. The Labute approximate surface area is 224 Å². The van der Waals surface area contributed by atoms with Gasteiger partial charge in [0.15, 0.2) is 0 Å². The van der Waals surface area contributed by atoms with Crippen LogP contribution in [0.3, 0.4) is 0 Å². The maximum atomic E-state index is 15.5. The molecule has 200 valence electrons. The summed E-state index contributed by atoms with van der Waals surface area (Å²) in [5.74, 6) is -2.81. The molecule has 5 aromatic rings. The summed E-state index contributed by atoms with van der Waals surface area (Å²) >= 11 is 0. The van der Waals surface area contributed by atoms with Crippen molar-refractivity contribution in [2.75, 3.05) is 0 Å². The largest absolute Gasteiger partial charge is 0.477 e. The molecule has 40 heavy (non-hydrogen) atoms. The highest BCUT2D eigenvalue weighted by molar-refractivity contribution is 6.17. The van der Waals surface area contributed by atoms with Gasteiger partial charge in [0.05, 0.1) is 34.7 Å². The Morgan fingerprint density at radius 1 is 1.15 bits per heavy atom. The molecule has 0 unspecified atom stereocenters. The number of aromatic amines is 1. The normalized spacial score (nSPS) is 14.5. The number of hydrogen-bond donors (Lipinski definition) is 3. The molecule has 1 amide bonds. The Balaban J connectivity index is 1.40. The third-order valence-electron chi connectivity index (χ3n) is 7.56. The number of rotatable bonds is 6. The molecule has 0 aliphatic heterocycles. The van der Waals surface area contributed by atoms with Crippen LogP contribution >= 0.6 is 0 Å². The average Bonchev–Trinajstić information content (AvgIpc) is 3.31. The van der Waals surface area contributed by atoms with Crippen molar-refractivity contribution < 1.29 is 27.9 Å². The smallest absolute Gasteiger partial charge is 0.353 e. The molecule has 1 saturated carbocycles. The van der Waals surface area contributed by atoms with Crippen LogP contribution in [-0.2, 0) is 17.8 Å². The van der Waals surface area contributed by atoms with E-state index in [1.54, 1.807) is 18.2 Å². The number of fused-ring (bicyclic) bond motifs is 4. The molecule has 1 fully saturated rings. The Hall–Kier alpha value is -4.99. The highest BCUT2D eigenvalue weighted by Crippen LogP contribution is 2.40. The molecule has 0 atom stereocenters. The number of carboxylic acids is 1. The lowest BCUT2D eigenvalue weighted by Gasteiger charge is -2.12. The monoisotopic (exact) mass is 541 g/mol. The number of nitrogens with zero attached hydrogens (tertiary/aromatic N) is 1. The van der Waals surface area contributed by atoms with Crippen molar-refractivity contribution in [2.24, 2.45) is 0 Å². The second-order valence-corrected chi connectivity index (χ2v) is 10.2. The summed E-state index contributed by atoms with van der Waals surface area (Å²) in [7, 11) is 0. The number of carboxylic acid groups (broad SMARTS) is 1. The Bertz CT molecular complexity index is 1990. The standard InChI is InChI=1S/C30H21F2N3O5/c31-21-11-15-9-16(28(36)34-18-3-4-18)8-14(15)10-17(21)13-35-23-12-22(32)19-5-7-40-27(19)25(23)24(26(35)30(38)39)20-2-1-6-33-29(20)37/h1-2,5-7,9-12,18H,3-4,8,13H2,(H,33,37)(H,34,36)(H,38,39). The highest BCUT2D eigenvalue weighted by Gasteiger charge is 2.30. The molecule has 0 radical (unpaired) electrons. The predicted molar refractivity (Wildman–Crippen MR) is 143 cm³/mol. The van der Waals surface area contributed by atoms with Gasteiger partial charge in [0.2, 0.25) is 5.91 Å². The molecule has 0 spiro atoms. The Kier molecular flexibility index (Phi) is 5.28. The molecule has 3 heterocycles. The molecule has 7 rings (SSSR count). The van der Waals surface area contributed by atoms with E-state index >= 15 is 8.78 Å². The first-order chi connectivity index (χ1) is 19.3. The molecule has 2 aliphatic rings. The third-order valence-corrected chi connectivity index (χ3v) is 7.56. The fraction of sp³-hybridized carbons (Fsp3) is 0.167. The van der Waals surface area contributed by atoms with Gasteiger partial charge in [0, 0.05) is 35.4 Å². The number of furan rings is 1. The van der Waals surface area contributed by atoms with Gasteiger partial charge in [-0.3, -0.25) is 9.59 Å². The summed E-state index contributed by atoms with van der Waals surface area (Å²) in [5, 5.41) is 13.7. The summed E-state index contributed by atoms with van der Waals surface area (Å²) in [6.45, 7) is -0.267. The van der Waals surface area contributed by atoms with Gasteiger partial charge in [-0.25, -0.2) is 13.6 Å². The summed E-state index contributed by atoms with van der Waals surface area (Å²) < 4.78 is 37.5. The number of aromatic nitrogens is 2. The lowest BCUT2D eigenvalue weighted by atomic mass is 10.0. The van der Waals surface area contributed by atoms with E-state index in [1.165, 1.54) is 41.3 Å². The van der Waals surface area contributed by atoms with Crippen molar-refractivity contribution in [3.05, 3.63) is 98.8 Å². The van der Waals surface area contributed by atoms with Crippen molar-refractivity contribution in [3.8, 4) is 11.1 Å². The number of aromatic carboxylic acids is 1. The first kappa shape index (κ1) is 24.1. The lowest BCUT2D eigenvalue weighted by molar-refractivity contribution is -0.117. The predicted octanol–water partition coefficient (Wildman–Crippen LogP) is 4.99. The van der Waals surface area contributed by atoms with Crippen LogP contribution < -0.4 is 10.9 Å². The summed E-state index contributed by atoms with van der Waals surface area (Å²) in [6.07, 6.45) is 6.57. The lowest BCUT2D eigenvalue weighted by Crippen LogP contribution is -2.26. The number of benzene rings is 2. The minimum Gasteiger partial charge on any atom is -0.477 e. The van der Waals surface area contributed by atoms with Crippen LogP contribution in [0.2, 0.25) is 0 Å². The number of carbonyl (C=O) groups is 2. The topological polar surface area (TPSA) is 117 Å². The maximum Gasteiger partial charge on any atom is 0.353 e. The van der Waals surface area contributed by atoms with Crippen LogP contribution in [0.4, 0.5) is 8.78 Å². The summed E-state index contributed by atoms with van der Waals surface area (Å²) in [6, 6.07) is 8.73. The van der Waals surface area contributed by atoms with Crippen molar-refractivity contribution in [1.82, 2.24) is 14.9 Å². The number of hydrogen-bond acceptors (Lipinski definition) is 4. The van der Waals surface area contributed by atoms with E-state index < -0.39 is 23.2 Å². The highest BCUT2D eigenvalue weighted by atomic mass is 19.1. The SMILES string of the molecule is O=C(NC1CC1)C1=Cc2cc(F)c(Cn3c(C(=O)O)c(-c4ccc[nH]c4=O)c4c5occc5c(F)cc43)cc2C1. The van der Waals surface area contributed by atoms with Gasteiger partial charge in [-0.05, 0) is 60.4 Å². The molecule has 3 N–H and O–H groups in total. The minimum absolute atomic E-state index is 0.0477. The fourth-order valence-electron chi connectivity index (χ4n) is 5.53. The summed E-state index contributed by atoms with van der Waals surface area (Å²) in [4.78, 5) is 40.7. The van der Waals surface area contributed by atoms with Gasteiger partial charge in [-0.1, -0.05) is 6.07 Å². The van der Waals surface area contributed by atoms with Crippen molar-refractivity contribution >= 4 is 39.8 Å². The summed E-state index contributed by atoms with van der Waals surface area (Å²) in [5.41, 5.74) is 1.47. The first-order valence-electron chi connectivity index (χ1n) is 12.8. The zero-order valence-electron chi connectivity index (χ0n) is 20.9. The van der Waals surface area contributed by atoms with Gasteiger partial charge in [-0.2, -0.15) is 0 Å². The van der Waals surface area contributed by atoms with Gasteiger partial charge in [-0.15, -0.1) is 0 Å². The van der Waals surface area contributed by atoms with Gasteiger partial charge >= 0.3 is 5.97 Å². The Morgan fingerprint density at radius 3 is 2.73 bits per heavy atom. The number of halogens is 2. The molecule has 3 aromatic heterocycles. The molecular weight excluding hydrogens is 520 g/mol. The zero-order chi connectivity index (χ0) is 27.7. The number of pyridine rings is 1. The number of nitrogens with one attached hydrogen (secondary N) is 2. The van der Waals surface area contributed by atoms with E-state index in [1.807, 2.05) is 0 Å². The molecule has 0 bridgehead atoms. The molecule has 0 saturated heterocycles. The first-order valence-corrected chi connectivity index (χ1v) is 12.8. The zero-order valence-corrected chi connectivity index (χ0v) is 20.9. The Morgan fingerprint density at radius 2 is 1.98 bits per heavy atom. The van der Waals surface area contributed by atoms with Crippen molar-refractivity contribution in [1.29, 1.82) is 0 Å². The van der Waals surface area contributed by atoms with Crippen LogP contribution in [0.5, 0.6) is 0 Å².